The van der Waals surface area contributed by atoms with E-state index < -0.39 is 6.09 Å². The molecule has 1 aromatic rings. The van der Waals surface area contributed by atoms with Gasteiger partial charge in [0.05, 0.1) is 18.2 Å². The van der Waals surface area contributed by atoms with E-state index in [0.717, 1.165) is 5.56 Å². The summed E-state index contributed by atoms with van der Waals surface area (Å²) in [5, 5.41) is 9.10. The Hall–Kier alpha value is -2.28. The number of amides is 1. The largest absolute Gasteiger partial charge is 0.496 e. The summed E-state index contributed by atoms with van der Waals surface area (Å²) >= 11 is 0. The van der Waals surface area contributed by atoms with Crippen molar-refractivity contribution in [3.63, 3.8) is 0 Å². The van der Waals surface area contributed by atoms with Crippen molar-refractivity contribution in [2.75, 3.05) is 33.4 Å². The fourth-order valence-electron chi connectivity index (χ4n) is 3.16. The van der Waals surface area contributed by atoms with Crippen LogP contribution in [0.3, 0.4) is 0 Å². The van der Waals surface area contributed by atoms with E-state index in [1.807, 2.05) is 6.92 Å². The van der Waals surface area contributed by atoms with Crippen molar-refractivity contribution in [1.29, 1.82) is 0 Å². The number of fused-ring (bicyclic) bond motifs is 1. The predicted octanol–water partition coefficient (Wildman–Crippen LogP) is 1.45. The molecule has 1 atom stereocenters. The Balaban J connectivity index is 1.83. The van der Waals surface area contributed by atoms with Crippen molar-refractivity contribution in [3.8, 4) is 11.5 Å². The summed E-state index contributed by atoms with van der Waals surface area (Å²) in [5.41, 5.74) is 1.45. The fourth-order valence-corrected chi connectivity index (χ4v) is 3.16. The first-order valence-electron chi connectivity index (χ1n) is 7.59. The number of ether oxygens (including phenoxy) is 2. The third kappa shape index (κ3) is 2.84. The maximum Gasteiger partial charge on any atom is 0.407 e. The third-order valence-electron chi connectivity index (χ3n) is 4.48. The molecular weight excluding hydrogens is 300 g/mol. The average Bonchev–Trinajstić information content (AvgIpc) is 2.91. The second kappa shape index (κ2) is 6.08. The summed E-state index contributed by atoms with van der Waals surface area (Å²) < 4.78 is 11.0. The lowest BCUT2D eigenvalue weighted by atomic mass is 10.0. The van der Waals surface area contributed by atoms with E-state index in [9.17, 15) is 9.59 Å². The first-order valence-corrected chi connectivity index (χ1v) is 7.59. The molecule has 124 valence electrons. The number of Topliss-reactive ketones (excluding diaryl/α,β-unsaturated/α-hetero) is 1. The monoisotopic (exact) mass is 320 g/mol. The Labute approximate surface area is 134 Å². The van der Waals surface area contributed by atoms with E-state index in [4.69, 9.17) is 14.6 Å². The van der Waals surface area contributed by atoms with E-state index in [-0.39, 0.29) is 18.4 Å². The number of benzene rings is 1. The molecule has 7 heteroatoms. The highest BCUT2D eigenvalue weighted by Gasteiger charge is 2.31. The first-order chi connectivity index (χ1) is 11.0. The van der Waals surface area contributed by atoms with E-state index in [1.54, 1.807) is 19.2 Å². The van der Waals surface area contributed by atoms with Gasteiger partial charge in [0.2, 0.25) is 5.78 Å². The lowest BCUT2D eigenvalue weighted by Crippen LogP contribution is -2.52. The molecule has 2 aliphatic heterocycles. The van der Waals surface area contributed by atoms with Crippen LogP contribution in [0.5, 0.6) is 11.5 Å². The van der Waals surface area contributed by atoms with Crippen molar-refractivity contribution in [1.82, 2.24) is 9.80 Å². The van der Waals surface area contributed by atoms with Gasteiger partial charge in [-0.25, -0.2) is 4.79 Å². The molecular formula is C16H20N2O5. The quantitative estimate of drug-likeness (QED) is 0.908. The molecule has 0 aromatic heterocycles. The highest BCUT2D eigenvalue weighted by atomic mass is 16.5. The molecule has 23 heavy (non-hydrogen) atoms. The number of hydrogen-bond donors (Lipinski definition) is 1. The normalized spacial score (nSPS) is 21.0. The fraction of sp³-hybridized carbons (Fsp3) is 0.500. The molecule has 0 aliphatic carbocycles. The highest BCUT2D eigenvalue weighted by Crippen LogP contribution is 2.37. The molecule has 0 saturated carbocycles. The van der Waals surface area contributed by atoms with Gasteiger partial charge in [-0.3, -0.25) is 9.69 Å². The maximum atomic E-state index is 11.8. The Bertz CT molecular complexity index is 646. The van der Waals surface area contributed by atoms with Crippen LogP contribution < -0.4 is 9.47 Å². The number of piperazine rings is 1. The highest BCUT2D eigenvalue weighted by molar-refractivity contribution is 6.03. The Morgan fingerprint density at radius 2 is 2.22 bits per heavy atom. The Morgan fingerprint density at radius 3 is 2.87 bits per heavy atom. The molecule has 1 fully saturated rings. The molecule has 1 amide bonds. The first kappa shape index (κ1) is 15.6. The molecule has 0 spiro atoms. The zero-order valence-corrected chi connectivity index (χ0v) is 13.2. The molecule has 0 bridgehead atoms. The van der Waals surface area contributed by atoms with Gasteiger partial charge in [-0.1, -0.05) is 0 Å². The standard InChI is InChI=1S/C16H20N2O5/c1-10-7-18(16(20)21)6-5-17(10)8-12-14(22-2)4-3-11-13(19)9-23-15(11)12/h3-4,10H,5-9H2,1-2H3,(H,20,21)/t10-/m0/s1. The van der Waals surface area contributed by atoms with Crippen LogP contribution in [0.1, 0.15) is 22.8 Å². The third-order valence-corrected chi connectivity index (χ3v) is 4.48. The second-order valence-electron chi connectivity index (χ2n) is 5.88. The smallest absolute Gasteiger partial charge is 0.407 e. The van der Waals surface area contributed by atoms with Crippen LogP contribution in [-0.2, 0) is 6.54 Å². The van der Waals surface area contributed by atoms with Crippen molar-refractivity contribution in [2.45, 2.75) is 19.5 Å². The summed E-state index contributed by atoms with van der Waals surface area (Å²) in [7, 11) is 1.59. The molecule has 0 radical (unpaired) electrons. The minimum Gasteiger partial charge on any atom is -0.496 e. The minimum absolute atomic E-state index is 0.0207. The number of hydrogen-bond acceptors (Lipinski definition) is 5. The number of carbonyl (C=O) groups excluding carboxylic acids is 1. The van der Waals surface area contributed by atoms with E-state index in [0.29, 0.717) is 43.2 Å². The number of nitrogens with zero attached hydrogens (tertiary/aromatic N) is 2. The summed E-state index contributed by atoms with van der Waals surface area (Å²) in [6.07, 6.45) is -0.886. The van der Waals surface area contributed by atoms with Crippen LogP contribution in [0.15, 0.2) is 12.1 Å². The number of methoxy groups -OCH3 is 1. The van der Waals surface area contributed by atoms with Crippen LogP contribution in [-0.4, -0.2) is 66.2 Å². The van der Waals surface area contributed by atoms with Crippen LogP contribution >= 0.6 is 0 Å². The van der Waals surface area contributed by atoms with Crippen LogP contribution in [0.4, 0.5) is 4.79 Å². The summed E-state index contributed by atoms with van der Waals surface area (Å²) in [6, 6.07) is 3.61. The predicted molar refractivity (Wildman–Crippen MR) is 82.3 cm³/mol. The van der Waals surface area contributed by atoms with Gasteiger partial charge in [0.1, 0.15) is 11.5 Å². The lowest BCUT2D eigenvalue weighted by Gasteiger charge is -2.38. The second-order valence-corrected chi connectivity index (χ2v) is 5.88. The minimum atomic E-state index is -0.886. The van der Waals surface area contributed by atoms with Crippen LogP contribution in [0.2, 0.25) is 0 Å². The molecule has 3 rings (SSSR count). The maximum absolute atomic E-state index is 11.8. The zero-order valence-electron chi connectivity index (χ0n) is 13.2. The number of carboxylic acid groups (broad SMARTS) is 1. The number of ketones is 1. The molecule has 0 unspecified atom stereocenters. The van der Waals surface area contributed by atoms with Gasteiger partial charge in [0.15, 0.2) is 6.61 Å². The zero-order chi connectivity index (χ0) is 16.6. The van der Waals surface area contributed by atoms with E-state index in [1.165, 1.54) is 4.90 Å². The van der Waals surface area contributed by atoms with Crippen molar-refractivity contribution >= 4 is 11.9 Å². The van der Waals surface area contributed by atoms with Gasteiger partial charge in [0, 0.05) is 32.2 Å². The van der Waals surface area contributed by atoms with Gasteiger partial charge in [0.25, 0.3) is 0 Å². The molecule has 2 aliphatic rings. The molecule has 7 nitrogen and oxygen atoms in total. The van der Waals surface area contributed by atoms with Crippen LogP contribution in [0, 0.1) is 0 Å². The molecule has 2 heterocycles. The van der Waals surface area contributed by atoms with Gasteiger partial charge in [-0.05, 0) is 19.1 Å². The van der Waals surface area contributed by atoms with Gasteiger partial charge >= 0.3 is 6.09 Å². The van der Waals surface area contributed by atoms with Gasteiger partial charge in [-0.2, -0.15) is 0 Å². The van der Waals surface area contributed by atoms with E-state index >= 15 is 0 Å². The molecule has 1 aromatic carbocycles. The van der Waals surface area contributed by atoms with E-state index in [2.05, 4.69) is 4.90 Å². The number of carbonyl (C=O) groups is 2. The summed E-state index contributed by atoms with van der Waals surface area (Å²) in [5.74, 6) is 1.26. The Morgan fingerprint density at radius 1 is 1.43 bits per heavy atom. The molecule has 1 N–H and O–H groups in total. The molecule has 1 saturated heterocycles. The van der Waals surface area contributed by atoms with Gasteiger partial charge < -0.3 is 19.5 Å². The number of rotatable bonds is 3. The Kier molecular flexibility index (Phi) is 4.12. The van der Waals surface area contributed by atoms with Crippen molar-refractivity contribution in [2.24, 2.45) is 0 Å². The van der Waals surface area contributed by atoms with Crippen LogP contribution in [0.25, 0.3) is 0 Å². The van der Waals surface area contributed by atoms with Crippen molar-refractivity contribution in [3.05, 3.63) is 23.3 Å². The summed E-state index contributed by atoms with van der Waals surface area (Å²) in [4.78, 5) is 26.5. The van der Waals surface area contributed by atoms with Crippen molar-refractivity contribution < 1.29 is 24.2 Å². The lowest BCUT2D eigenvalue weighted by molar-refractivity contribution is 0.0703. The van der Waals surface area contributed by atoms with Gasteiger partial charge in [-0.15, -0.1) is 0 Å². The topological polar surface area (TPSA) is 79.3 Å². The SMILES string of the molecule is COc1ccc2c(c1CN1CCN(C(=O)O)C[C@@H]1C)OCC2=O. The summed E-state index contributed by atoms with van der Waals surface area (Å²) in [6.45, 7) is 4.19. The average molecular weight is 320 g/mol.